The molecular weight excluding hydrogens is 777 g/mol. The fourth-order valence-corrected chi connectivity index (χ4v) is 8.64. The van der Waals surface area contributed by atoms with Gasteiger partial charge >= 0.3 is 12.1 Å². The summed E-state index contributed by atoms with van der Waals surface area (Å²) >= 11 is 1.27. The van der Waals surface area contributed by atoms with Crippen molar-refractivity contribution in [3.63, 3.8) is 0 Å². The first kappa shape index (κ1) is 43.3. The van der Waals surface area contributed by atoms with Crippen LogP contribution in [0.15, 0.2) is 36.2 Å². The summed E-state index contributed by atoms with van der Waals surface area (Å²) in [5, 5.41) is 21.4. The summed E-state index contributed by atoms with van der Waals surface area (Å²) in [6.07, 6.45) is 3.73. The molecule has 0 radical (unpaired) electrons. The van der Waals surface area contributed by atoms with E-state index in [-0.39, 0.29) is 36.8 Å². The van der Waals surface area contributed by atoms with E-state index in [4.69, 9.17) is 19.2 Å². The molecule has 3 aromatic rings. The van der Waals surface area contributed by atoms with E-state index >= 15 is 0 Å². The molecule has 6 rings (SSSR count). The van der Waals surface area contributed by atoms with E-state index in [9.17, 15) is 29.1 Å². The van der Waals surface area contributed by atoms with Crippen molar-refractivity contribution in [3.05, 3.63) is 41.8 Å². The van der Waals surface area contributed by atoms with Gasteiger partial charge in [0.25, 0.3) is 0 Å². The maximum Gasteiger partial charge on any atom is 0.408 e. The van der Waals surface area contributed by atoms with Gasteiger partial charge in [-0.1, -0.05) is 47.6 Å². The fourth-order valence-electron chi connectivity index (χ4n) is 7.92. The Bertz CT molecular complexity index is 2130. The summed E-state index contributed by atoms with van der Waals surface area (Å²) in [5.41, 5.74) is -0.263. The van der Waals surface area contributed by atoms with Crippen molar-refractivity contribution in [2.75, 3.05) is 19.0 Å². The van der Waals surface area contributed by atoms with Crippen LogP contribution in [0.5, 0.6) is 11.5 Å². The molecule has 318 valence electrons. The number of amides is 4. The molecule has 59 heavy (non-hydrogen) atoms. The lowest BCUT2D eigenvalue weighted by Gasteiger charge is -2.35. The molecule has 0 spiro atoms. The lowest BCUT2D eigenvalue weighted by atomic mass is 9.85. The zero-order chi connectivity index (χ0) is 43.0. The van der Waals surface area contributed by atoms with Gasteiger partial charge in [-0.05, 0) is 62.0 Å². The van der Waals surface area contributed by atoms with Crippen LogP contribution < -0.4 is 25.4 Å². The van der Waals surface area contributed by atoms with Gasteiger partial charge < -0.3 is 40.2 Å². The number of hydrogen-bond acceptors (Lipinski definition) is 11. The number of carboxylic acid groups (broad SMARTS) is 1. The van der Waals surface area contributed by atoms with Gasteiger partial charge in [0.1, 0.15) is 47.0 Å². The smallest absolute Gasteiger partial charge is 0.408 e. The van der Waals surface area contributed by atoms with Gasteiger partial charge in [0.05, 0.1) is 24.9 Å². The molecule has 16 heteroatoms. The van der Waals surface area contributed by atoms with Gasteiger partial charge in [-0.3, -0.25) is 14.4 Å². The number of alkyl carbamates (subject to hydrolysis) is 1. The Hall–Kier alpha value is -5.25. The predicted octanol–water partition coefficient (Wildman–Crippen LogP) is 6.63. The second-order valence-electron chi connectivity index (χ2n) is 18.2. The van der Waals surface area contributed by atoms with Crippen LogP contribution in [0.3, 0.4) is 0 Å². The number of fused-ring (bicyclic) bond motifs is 1. The van der Waals surface area contributed by atoms with E-state index in [0.29, 0.717) is 45.3 Å². The van der Waals surface area contributed by atoms with Crippen molar-refractivity contribution in [1.82, 2.24) is 25.5 Å². The third kappa shape index (κ3) is 9.63. The molecule has 1 aromatic carbocycles. The van der Waals surface area contributed by atoms with Crippen molar-refractivity contribution < 1.29 is 43.3 Å². The molecule has 2 saturated carbocycles. The van der Waals surface area contributed by atoms with Gasteiger partial charge in [-0.15, -0.1) is 17.9 Å². The van der Waals surface area contributed by atoms with Crippen LogP contribution in [0.25, 0.3) is 22.3 Å². The molecule has 0 bridgehead atoms. The lowest BCUT2D eigenvalue weighted by molar-refractivity contribution is -0.146. The Labute approximate surface area is 348 Å². The molecule has 1 saturated heterocycles. The second-order valence-corrected chi connectivity index (χ2v) is 19.0. The number of methoxy groups -OCH3 is 1. The number of nitrogens with one attached hydrogen (secondary N) is 3. The second kappa shape index (κ2) is 16.8. The lowest BCUT2D eigenvalue weighted by Crippen LogP contribution is -2.59. The third-order valence-corrected chi connectivity index (χ3v) is 11.9. The number of carboxylic acids is 1. The number of aromatic nitrogens is 2. The van der Waals surface area contributed by atoms with Crippen LogP contribution in [0.4, 0.5) is 9.93 Å². The van der Waals surface area contributed by atoms with Gasteiger partial charge in [0, 0.05) is 41.2 Å². The number of aliphatic carboxylic acids is 1. The molecule has 4 N–H and O–H groups in total. The monoisotopic (exact) mass is 832 g/mol. The van der Waals surface area contributed by atoms with E-state index in [1.807, 2.05) is 54.5 Å². The van der Waals surface area contributed by atoms with Crippen molar-refractivity contribution in [3.8, 4) is 22.9 Å². The molecule has 3 heterocycles. The summed E-state index contributed by atoms with van der Waals surface area (Å²) in [7, 11) is 1.57. The van der Waals surface area contributed by atoms with Gasteiger partial charge in [0.2, 0.25) is 17.7 Å². The molecule has 2 aromatic heterocycles. The Morgan fingerprint density at radius 3 is 2.37 bits per heavy atom. The maximum atomic E-state index is 14.7. The zero-order valence-corrected chi connectivity index (χ0v) is 35.9. The predicted molar refractivity (Wildman–Crippen MR) is 223 cm³/mol. The molecule has 15 nitrogen and oxygen atoms in total. The van der Waals surface area contributed by atoms with E-state index < -0.39 is 58.9 Å². The molecule has 0 unspecified atom stereocenters. The van der Waals surface area contributed by atoms with Gasteiger partial charge in [-0.2, -0.15) is 0 Å². The standard InChI is InChI=1S/C43H56N6O9S/c1-10-24-19-43(24,38(53)54)48-36(51)30-17-26(21-49(30)37(52)35(42(6,7)8)47-40(55)58-25-13-11-12-14-25)57-32-18-28(44-34-23(2)31(56-9)16-15-27(32)34)29-22-59-39(45-29)46-33(50)20-41(3,4)5/h10,15-16,18,22,24-26,30,35H,1,11-14,17,19-21H2,2-9H3,(H,47,55)(H,48,51)(H,53,54)(H,45,46,50)/t24-,26-,30+,35-,43-/m1/s1. The maximum absolute atomic E-state index is 14.7. The van der Waals surface area contributed by atoms with Crippen LogP contribution >= 0.6 is 11.3 Å². The van der Waals surface area contributed by atoms with E-state index in [1.165, 1.54) is 22.3 Å². The quantitative estimate of drug-likeness (QED) is 0.135. The van der Waals surface area contributed by atoms with Gasteiger partial charge in [-0.25, -0.2) is 19.6 Å². The number of pyridine rings is 1. The number of ether oxygens (including phenoxy) is 3. The molecular formula is C43H56N6O9S. The average Bonchev–Trinajstić information content (AvgIpc) is 3.56. The molecule has 2 aliphatic carbocycles. The molecule has 4 amide bonds. The SMILES string of the molecule is C=C[C@@H]1C[C@]1(NC(=O)[C@@H]1C[C@@H](Oc2cc(-c3csc(NC(=O)CC(C)(C)C)n3)nc3c(C)c(OC)ccc23)CN1C(=O)[C@@H](NC(=O)OC1CCCC1)C(C)(C)C)C(=O)O. The molecule has 5 atom stereocenters. The van der Waals surface area contributed by atoms with Crippen molar-refractivity contribution in [1.29, 1.82) is 0 Å². The third-order valence-electron chi connectivity index (χ3n) is 11.2. The number of nitrogens with zero attached hydrogens (tertiary/aromatic N) is 3. The Morgan fingerprint density at radius 1 is 1.05 bits per heavy atom. The first-order valence-corrected chi connectivity index (χ1v) is 21.0. The molecule has 3 fully saturated rings. The van der Waals surface area contributed by atoms with Crippen LogP contribution in [-0.2, 0) is 23.9 Å². The highest BCUT2D eigenvalue weighted by atomic mass is 32.1. The van der Waals surface area contributed by atoms with E-state index in [2.05, 4.69) is 27.5 Å². The topological polar surface area (TPSA) is 198 Å². The largest absolute Gasteiger partial charge is 0.496 e. The highest BCUT2D eigenvalue weighted by Crippen LogP contribution is 2.45. The van der Waals surface area contributed by atoms with Crippen LogP contribution in [0, 0.1) is 23.7 Å². The van der Waals surface area contributed by atoms with E-state index in [0.717, 1.165) is 31.2 Å². The van der Waals surface area contributed by atoms with Gasteiger partial charge in [0.15, 0.2) is 5.13 Å². The summed E-state index contributed by atoms with van der Waals surface area (Å²) in [6, 6.07) is 3.13. The molecule has 1 aliphatic heterocycles. The fraction of sp³-hybridized carbons (Fsp3) is 0.558. The highest BCUT2D eigenvalue weighted by Gasteiger charge is 2.61. The summed E-state index contributed by atoms with van der Waals surface area (Å²) in [5.74, 6) is -1.99. The number of carbonyl (C=O) groups is 5. The van der Waals surface area contributed by atoms with Crippen LogP contribution in [-0.4, -0.2) is 93.2 Å². The Morgan fingerprint density at radius 2 is 1.76 bits per heavy atom. The van der Waals surface area contributed by atoms with Crippen LogP contribution in [0.2, 0.25) is 0 Å². The Balaban J connectivity index is 1.33. The summed E-state index contributed by atoms with van der Waals surface area (Å²) in [4.78, 5) is 78.1. The van der Waals surface area contributed by atoms with Crippen molar-refractivity contribution >= 4 is 57.2 Å². The van der Waals surface area contributed by atoms with Crippen molar-refractivity contribution in [2.45, 2.75) is 123 Å². The number of carbonyl (C=O) groups excluding carboxylic acids is 4. The highest BCUT2D eigenvalue weighted by molar-refractivity contribution is 7.14. The first-order valence-electron chi connectivity index (χ1n) is 20.1. The first-order chi connectivity index (χ1) is 27.7. The number of benzene rings is 1. The number of likely N-dealkylation sites (tertiary alicyclic amines) is 1. The normalized spacial score (nSPS) is 22.4. The van der Waals surface area contributed by atoms with E-state index in [1.54, 1.807) is 24.6 Å². The minimum Gasteiger partial charge on any atom is -0.496 e. The minimum absolute atomic E-state index is 0.0182. The number of anilines is 1. The number of rotatable bonds is 13. The minimum atomic E-state index is -1.54. The summed E-state index contributed by atoms with van der Waals surface area (Å²) < 4.78 is 18.0. The average molecular weight is 833 g/mol. The summed E-state index contributed by atoms with van der Waals surface area (Å²) in [6.45, 7) is 16.9. The van der Waals surface area contributed by atoms with Crippen LogP contribution in [0.1, 0.15) is 92.1 Å². The number of thiazole rings is 1. The Kier molecular flexibility index (Phi) is 12.3. The van der Waals surface area contributed by atoms with Crippen molar-refractivity contribution in [2.24, 2.45) is 16.7 Å². The zero-order valence-electron chi connectivity index (χ0n) is 35.1. The number of hydrogen-bond donors (Lipinski definition) is 4. The molecule has 3 aliphatic rings. The number of aryl methyl sites for hydroxylation is 1.